The molecule has 3 aromatic carbocycles. The highest BCUT2D eigenvalue weighted by atomic mass is 32.1. The molecule has 0 fully saturated rings. The summed E-state index contributed by atoms with van der Waals surface area (Å²) in [5.74, 6) is -0.554. The summed E-state index contributed by atoms with van der Waals surface area (Å²) >= 11 is 1.41. The maximum Gasteiger partial charge on any atom is 0.282 e. The van der Waals surface area contributed by atoms with Crippen molar-refractivity contribution in [3.8, 4) is 23.0 Å². The van der Waals surface area contributed by atoms with Gasteiger partial charge in [0.05, 0.1) is 5.69 Å². The van der Waals surface area contributed by atoms with Crippen LogP contribution in [0.4, 0.5) is 0 Å². The molecule has 0 bridgehead atoms. The molecule has 4 aromatic rings. The Kier molecular flexibility index (Phi) is 6.40. The fourth-order valence-electron chi connectivity index (χ4n) is 3.16. The van der Waals surface area contributed by atoms with Gasteiger partial charge in [0.25, 0.3) is 5.91 Å². The molecule has 0 aliphatic rings. The van der Waals surface area contributed by atoms with Crippen molar-refractivity contribution in [2.45, 2.75) is 6.92 Å². The number of nitrogens with zero attached hydrogens (tertiary/aromatic N) is 3. The van der Waals surface area contributed by atoms with E-state index in [1.165, 1.54) is 16.9 Å². The lowest BCUT2D eigenvalue weighted by Gasteiger charge is -2.09. The smallest absolute Gasteiger partial charge is 0.282 e. The van der Waals surface area contributed by atoms with Crippen molar-refractivity contribution in [3.63, 3.8) is 0 Å². The van der Waals surface area contributed by atoms with Gasteiger partial charge < -0.3 is 0 Å². The number of nitrogens with one attached hydrogen (secondary N) is 1. The van der Waals surface area contributed by atoms with Crippen LogP contribution in [0.5, 0.6) is 0 Å². The molecule has 0 atom stereocenters. The molecule has 6 heteroatoms. The number of hydrogen-bond acceptors (Lipinski definition) is 4. The highest BCUT2D eigenvalue weighted by Crippen LogP contribution is 2.23. The molecule has 0 spiro atoms. The van der Waals surface area contributed by atoms with Crippen molar-refractivity contribution in [3.05, 3.63) is 112 Å². The second-order valence-electron chi connectivity index (χ2n) is 7.07. The van der Waals surface area contributed by atoms with Crippen molar-refractivity contribution in [2.24, 2.45) is 5.10 Å². The Bertz CT molecular complexity index is 1360. The number of benzene rings is 3. The van der Waals surface area contributed by atoms with E-state index >= 15 is 0 Å². The third kappa shape index (κ3) is 4.75. The number of hydrogen-bond donors (Lipinski definition) is 1. The largest absolute Gasteiger partial charge is 0.284 e. The summed E-state index contributed by atoms with van der Waals surface area (Å²) in [5.41, 5.74) is 7.43. The number of para-hydroxylation sites is 1. The Morgan fingerprint density at radius 3 is 2.31 bits per heavy atom. The average Bonchev–Trinajstić information content (AvgIpc) is 3.26. The van der Waals surface area contributed by atoms with Gasteiger partial charge in [-0.15, -0.1) is 16.4 Å². The zero-order valence-electron chi connectivity index (χ0n) is 17.4. The molecule has 4 rings (SSSR count). The summed E-state index contributed by atoms with van der Waals surface area (Å²) in [5, 5.41) is 15.8. The molecular weight excluding hydrogens is 416 g/mol. The van der Waals surface area contributed by atoms with E-state index in [4.69, 9.17) is 0 Å². The molecule has 0 unspecified atom stereocenters. The van der Waals surface area contributed by atoms with Crippen molar-refractivity contribution in [1.82, 2.24) is 9.99 Å². The van der Waals surface area contributed by atoms with E-state index in [2.05, 4.69) is 41.7 Å². The first-order chi connectivity index (χ1) is 15.7. The van der Waals surface area contributed by atoms with Crippen LogP contribution in [0.1, 0.15) is 11.1 Å². The minimum atomic E-state index is -0.554. The summed E-state index contributed by atoms with van der Waals surface area (Å²) in [7, 11) is 0. The summed E-state index contributed by atoms with van der Waals surface area (Å²) in [4.78, 5) is 13.2. The second kappa shape index (κ2) is 9.73. The normalized spacial score (nSPS) is 11.8. The van der Waals surface area contributed by atoms with Crippen LogP contribution in [0, 0.1) is 18.3 Å². The lowest BCUT2D eigenvalue weighted by molar-refractivity contribution is -0.117. The van der Waals surface area contributed by atoms with Gasteiger partial charge >= 0.3 is 0 Å². The number of thiazole rings is 1. The fourth-order valence-corrected chi connectivity index (χ4v) is 4.03. The lowest BCUT2D eigenvalue weighted by Crippen LogP contribution is -2.25. The standard InChI is InChI=1S/C26H20N4OS/c1-19-12-14-21(15-13-19)24-18-32-26(30(24)23-10-6-3-7-11-23)29-28-25(31)22(17-27)16-20-8-4-2-5-9-20/h2-16,18H,1H3,(H,28,31)/b22-16+,29-26+. The van der Waals surface area contributed by atoms with E-state index in [0.29, 0.717) is 4.80 Å². The maximum absolute atomic E-state index is 12.6. The molecule has 0 aliphatic heterocycles. The van der Waals surface area contributed by atoms with E-state index in [9.17, 15) is 10.1 Å². The third-order valence-electron chi connectivity index (χ3n) is 4.80. The quantitative estimate of drug-likeness (QED) is 0.270. The summed E-state index contributed by atoms with van der Waals surface area (Å²) in [6, 6.07) is 29.3. The number of rotatable bonds is 5. The average molecular weight is 437 g/mol. The van der Waals surface area contributed by atoms with Gasteiger partial charge in [0.2, 0.25) is 4.80 Å². The summed E-state index contributed by atoms with van der Waals surface area (Å²) in [6.07, 6.45) is 1.54. The number of amides is 1. The Labute approximate surface area is 190 Å². The first kappa shape index (κ1) is 21.0. The number of nitriles is 1. The van der Waals surface area contributed by atoms with E-state index in [1.807, 2.05) is 76.7 Å². The van der Waals surface area contributed by atoms with Gasteiger partial charge in [-0.2, -0.15) is 5.26 Å². The van der Waals surface area contributed by atoms with Crippen LogP contribution in [-0.4, -0.2) is 10.5 Å². The van der Waals surface area contributed by atoms with Gasteiger partial charge in [-0.25, -0.2) is 5.43 Å². The topological polar surface area (TPSA) is 70.2 Å². The zero-order chi connectivity index (χ0) is 22.3. The predicted molar refractivity (Wildman–Crippen MR) is 128 cm³/mol. The minimum absolute atomic E-state index is 0.0125. The summed E-state index contributed by atoms with van der Waals surface area (Å²) in [6.45, 7) is 2.05. The van der Waals surface area contributed by atoms with Crippen LogP contribution >= 0.6 is 11.3 Å². The molecule has 156 valence electrons. The van der Waals surface area contributed by atoms with Crippen molar-refractivity contribution >= 4 is 23.3 Å². The van der Waals surface area contributed by atoms with E-state index in [-0.39, 0.29) is 5.57 Å². The predicted octanol–water partition coefficient (Wildman–Crippen LogP) is 5.05. The van der Waals surface area contributed by atoms with Gasteiger partial charge in [-0.1, -0.05) is 78.4 Å². The molecule has 1 amide bonds. The minimum Gasteiger partial charge on any atom is -0.284 e. The second-order valence-corrected chi connectivity index (χ2v) is 7.91. The molecule has 5 nitrogen and oxygen atoms in total. The van der Waals surface area contributed by atoms with E-state index < -0.39 is 5.91 Å². The highest BCUT2D eigenvalue weighted by molar-refractivity contribution is 7.07. The van der Waals surface area contributed by atoms with Crippen LogP contribution < -0.4 is 10.2 Å². The van der Waals surface area contributed by atoms with Crippen LogP contribution in [-0.2, 0) is 4.79 Å². The Morgan fingerprint density at radius 2 is 1.66 bits per heavy atom. The molecule has 1 aromatic heterocycles. The monoisotopic (exact) mass is 436 g/mol. The van der Waals surface area contributed by atoms with Gasteiger partial charge in [-0.05, 0) is 36.3 Å². The van der Waals surface area contributed by atoms with Gasteiger partial charge in [-0.3, -0.25) is 9.36 Å². The molecule has 0 radical (unpaired) electrons. The molecular formula is C26H20N4OS. The number of aromatic nitrogens is 1. The van der Waals surface area contributed by atoms with Crippen LogP contribution in [0.2, 0.25) is 0 Å². The van der Waals surface area contributed by atoms with Gasteiger partial charge in [0.15, 0.2) is 0 Å². The number of carbonyl (C=O) groups excluding carboxylic acids is 1. The van der Waals surface area contributed by atoms with Crippen molar-refractivity contribution in [2.75, 3.05) is 0 Å². The maximum atomic E-state index is 12.6. The van der Waals surface area contributed by atoms with Gasteiger partial charge in [0.1, 0.15) is 11.6 Å². The molecule has 1 heterocycles. The Morgan fingerprint density at radius 1 is 1.00 bits per heavy atom. The molecule has 1 N–H and O–H groups in total. The Balaban J connectivity index is 1.72. The Hall–Kier alpha value is -4.21. The van der Waals surface area contributed by atoms with Crippen LogP contribution in [0.15, 0.2) is 101 Å². The van der Waals surface area contributed by atoms with E-state index in [1.54, 1.807) is 6.08 Å². The molecule has 0 aliphatic carbocycles. The lowest BCUT2D eigenvalue weighted by atomic mass is 10.1. The van der Waals surface area contributed by atoms with E-state index in [0.717, 1.165) is 22.5 Å². The first-order valence-corrected chi connectivity index (χ1v) is 10.9. The first-order valence-electron chi connectivity index (χ1n) is 9.99. The van der Waals surface area contributed by atoms with Crippen molar-refractivity contribution in [1.29, 1.82) is 5.26 Å². The van der Waals surface area contributed by atoms with Crippen LogP contribution in [0.25, 0.3) is 23.0 Å². The zero-order valence-corrected chi connectivity index (χ0v) is 18.2. The number of aryl methyl sites for hydroxylation is 1. The molecule has 0 saturated carbocycles. The van der Waals surface area contributed by atoms with Crippen LogP contribution in [0.3, 0.4) is 0 Å². The molecule has 0 saturated heterocycles. The van der Waals surface area contributed by atoms with Gasteiger partial charge in [0, 0.05) is 11.1 Å². The highest BCUT2D eigenvalue weighted by Gasteiger charge is 2.12. The molecule has 32 heavy (non-hydrogen) atoms. The fraction of sp³-hybridized carbons (Fsp3) is 0.0385. The summed E-state index contributed by atoms with van der Waals surface area (Å²) < 4.78 is 1.99. The number of carbonyl (C=O) groups is 1. The SMILES string of the molecule is Cc1ccc(-c2cs/c(=N/NC(=O)/C(C#N)=C/c3ccccc3)n2-c2ccccc2)cc1. The third-order valence-corrected chi connectivity index (χ3v) is 5.62. The van der Waals surface area contributed by atoms with Crippen molar-refractivity contribution < 1.29 is 4.79 Å².